The van der Waals surface area contributed by atoms with E-state index in [2.05, 4.69) is 0 Å². The molecule has 0 aliphatic carbocycles. The monoisotopic (exact) mass is 381 g/mol. The molecule has 4 rings (SSSR count). The van der Waals surface area contributed by atoms with Gasteiger partial charge in [-0.2, -0.15) is 4.31 Å². The van der Waals surface area contributed by atoms with Gasteiger partial charge in [0.05, 0.1) is 6.26 Å². The van der Waals surface area contributed by atoms with E-state index in [1.54, 1.807) is 29.2 Å². The van der Waals surface area contributed by atoms with Gasteiger partial charge in [0.1, 0.15) is 5.75 Å². The Kier molecular flexibility index (Phi) is 5.19. The Morgan fingerprint density at radius 1 is 1.23 bits per heavy atom. The minimum Gasteiger partial charge on any atom is -0.484 e. The van der Waals surface area contributed by atoms with Gasteiger partial charge in [-0.15, -0.1) is 0 Å². The SMILES string of the molecule is CS(=O)(=O)N1C[C@H]2CC[C@@H](C1)N(C(=O)c1cccc(OCC(N)=O)c1)C2. The molecule has 2 amide bonds. The van der Waals surface area contributed by atoms with Crippen molar-refractivity contribution in [3.05, 3.63) is 29.8 Å². The number of piperidine rings is 1. The summed E-state index contributed by atoms with van der Waals surface area (Å²) in [4.78, 5) is 25.6. The number of nitrogens with zero attached hydrogens (tertiary/aromatic N) is 2. The molecule has 3 aliphatic heterocycles. The first kappa shape index (κ1) is 18.7. The number of sulfonamides is 1. The van der Waals surface area contributed by atoms with Crippen molar-refractivity contribution in [1.29, 1.82) is 0 Å². The lowest BCUT2D eigenvalue weighted by Crippen LogP contribution is -2.47. The highest BCUT2D eigenvalue weighted by Gasteiger charge is 2.39. The number of primary amides is 1. The molecule has 1 aromatic carbocycles. The van der Waals surface area contributed by atoms with Crippen LogP contribution in [-0.4, -0.2) is 68.0 Å². The van der Waals surface area contributed by atoms with E-state index in [0.717, 1.165) is 12.8 Å². The van der Waals surface area contributed by atoms with Gasteiger partial charge in [0, 0.05) is 31.2 Å². The second kappa shape index (κ2) is 7.24. The Morgan fingerprint density at radius 2 is 2.00 bits per heavy atom. The molecule has 142 valence electrons. The molecule has 2 N–H and O–H groups in total. The number of carbonyl (C=O) groups is 2. The predicted octanol–water partition coefficient (Wildman–Crippen LogP) is 0.0467. The zero-order chi connectivity index (χ0) is 18.9. The third-order valence-corrected chi connectivity index (χ3v) is 6.11. The van der Waals surface area contributed by atoms with E-state index in [0.29, 0.717) is 30.9 Å². The summed E-state index contributed by atoms with van der Waals surface area (Å²) >= 11 is 0. The van der Waals surface area contributed by atoms with Crippen LogP contribution < -0.4 is 10.5 Å². The average Bonchev–Trinajstić information content (AvgIpc) is 2.91. The predicted molar refractivity (Wildman–Crippen MR) is 95.1 cm³/mol. The molecule has 3 heterocycles. The molecule has 0 radical (unpaired) electrons. The van der Waals surface area contributed by atoms with Crippen molar-refractivity contribution >= 4 is 21.8 Å². The summed E-state index contributed by atoms with van der Waals surface area (Å²) in [5, 5.41) is 0. The van der Waals surface area contributed by atoms with E-state index in [-0.39, 0.29) is 24.5 Å². The summed E-state index contributed by atoms with van der Waals surface area (Å²) < 4.78 is 30.6. The molecular formula is C17H23N3O5S. The van der Waals surface area contributed by atoms with Crippen LogP contribution in [0.15, 0.2) is 24.3 Å². The number of fused-ring (bicyclic) bond motifs is 4. The number of hydrogen-bond acceptors (Lipinski definition) is 5. The van der Waals surface area contributed by atoms with E-state index in [9.17, 15) is 18.0 Å². The molecule has 3 aliphatic rings. The maximum absolute atomic E-state index is 13.0. The Morgan fingerprint density at radius 3 is 2.69 bits per heavy atom. The molecule has 1 aromatic rings. The maximum Gasteiger partial charge on any atom is 0.255 e. The minimum absolute atomic E-state index is 0.133. The van der Waals surface area contributed by atoms with Crippen molar-refractivity contribution in [3.63, 3.8) is 0 Å². The molecule has 9 heteroatoms. The molecule has 0 unspecified atom stereocenters. The van der Waals surface area contributed by atoms with Crippen LogP contribution >= 0.6 is 0 Å². The molecule has 8 nitrogen and oxygen atoms in total. The summed E-state index contributed by atoms with van der Waals surface area (Å²) in [5.41, 5.74) is 5.52. The topological polar surface area (TPSA) is 110 Å². The van der Waals surface area contributed by atoms with E-state index < -0.39 is 15.9 Å². The third-order valence-electron chi connectivity index (χ3n) is 4.87. The summed E-state index contributed by atoms with van der Waals surface area (Å²) in [5.74, 6) is -0.207. The van der Waals surface area contributed by atoms with Crippen molar-refractivity contribution < 1.29 is 22.7 Å². The van der Waals surface area contributed by atoms with Gasteiger partial charge in [-0.05, 0) is 37.0 Å². The first-order chi connectivity index (χ1) is 12.2. The van der Waals surface area contributed by atoms with Crippen LogP contribution in [-0.2, 0) is 14.8 Å². The average molecular weight is 381 g/mol. The Labute approximate surface area is 152 Å². The second-order valence-electron chi connectivity index (χ2n) is 6.92. The largest absolute Gasteiger partial charge is 0.484 e. The van der Waals surface area contributed by atoms with Crippen molar-refractivity contribution in [1.82, 2.24) is 9.21 Å². The highest BCUT2D eigenvalue weighted by molar-refractivity contribution is 7.88. The summed E-state index contributed by atoms with van der Waals surface area (Å²) in [7, 11) is -3.28. The highest BCUT2D eigenvalue weighted by atomic mass is 32.2. The number of carbonyl (C=O) groups excluding carboxylic acids is 2. The van der Waals surface area contributed by atoms with Gasteiger partial charge < -0.3 is 15.4 Å². The molecule has 26 heavy (non-hydrogen) atoms. The number of amides is 2. The smallest absolute Gasteiger partial charge is 0.255 e. The molecule has 3 fully saturated rings. The number of nitrogens with two attached hydrogens (primary N) is 1. The molecule has 2 atom stereocenters. The fraction of sp³-hybridized carbons (Fsp3) is 0.529. The van der Waals surface area contributed by atoms with Gasteiger partial charge in [-0.3, -0.25) is 9.59 Å². The number of hydrogen-bond donors (Lipinski definition) is 1. The fourth-order valence-corrected chi connectivity index (χ4v) is 4.52. The summed E-state index contributed by atoms with van der Waals surface area (Å²) in [6, 6.07) is 6.47. The lowest BCUT2D eigenvalue weighted by atomic mass is 9.94. The molecule has 0 saturated carbocycles. The number of benzene rings is 1. The van der Waals surface area contributed by atoms with E-state index in [4.69, 9.17) is 10.5 Å². The molecule has 0 spiro atoms. The van der Waals surface area contributed by atoms with Crippen LogP contribution in [0.5, 0.6) is 5.75 Å². The van der Waals surface area contributed by atoms with Crippen LogP contribution in [0.1, 0.15) is 23.2 Å². The number of ether oxygens (including phenoxy) is 1. The zero-order valence-electron chi connectivity index (χ0n) is 14.6. The highest BCUT2D eigenvalue weighted by Crippen LogP contribution is 2.30. The lowest BCUT2D eigenvalue weighted by molar-refractivity contribution is -0.119. The lowest BCUT2D eigenvalue weighted by Gasteiger charge is -2.36. The van der Waals surface area contributed by atoms with Crippen molar-refractivity contribution in [2.24, 2.45) is 11.7 Å². The summed E-state index contributed by atoms with van der Waals surface area (Å²) in [6.45, 7) is 1.08. The van der Waals surface area contributed by atoms with Crippen LogP contribution in [0.25, 0.3) is 0 Å². The standard InChI is InChI=1S/C17H23N3O5S/c1-26(23,24)19-8-12-5-6-14(10-19)20(9-12)17(22)13-3-2-4-15(7-13)25-11-16(18)21/h2-4,7,12,14H,5-6,8-11H2,1H3,(H2,18,21)/t12-,14+/m1/s1. The van der Waals surface area contributed by atoms with Crippen LogP contribution in [0, 0.1) is 5.92 Å². The van der Waals surface area contributed by atoms with Gasteiger partial charge in [-0.1, -0.05) is 6.07 Å². The molecule has 3 saturated heterocycles. The van der Waals surface area contributed by atoms with Crippen molar-refractivity contribution in [2.75, 3.05) is 32.5 Å². The maximum atomic E-state index is 13.0. The minimum atomic E-state index is -3.28. The van der Waals surface area contributed by atoms with Gasteiger partial charge in [0.2, 0.25) is 10.0 Å². The quantitative estimate of drug-likeness (QED) is 0.775. The first-order valence-electron chi connectivity index (χ1n) is 8.51. The van der Waals surface area contributed by atoms with Gasteiger partial charge in [-0.25, -0.2) is 8.42 Å². The van der Waals surface area contributed by atoms with Crippen molar-refractivity contribution in [3.8, 4) is 5.75 Å². The molecule has 2 bridgehead atoms. The Bertz CT molecular complexity index is 810. The summed E-state index contributed by atoms with van der Waals surface area (Å²) in [6.07, 6.45) is 2.92. The zero-order valence-corrected chi connectivity index (χ0v) is 15.4. The van der Waals surface area contributed by atoms with E-state index in [1.165, 1.54) is 10.6 Å². The number of rotatable bonds is 5. The van der Waals surface area contributed by atoms with Crippen LogP contribution in [0.3, 0.4) is 0 Å². The third kappa shape index (κ3) is 4.16. The van der Waals surface area contributed by atoms with Crippen molar-refractivity contribution in [2.45, 2.75) is 18.9 Å². The van der Waals surface area contributed by atoms with Crippen LogP contribution in [0.4, 0.5) is 0 Å². The fourth-order valence-electron chi connectivity index (χ4n) is 3.60. The molecular weight excluding hydrogens is 358 g/mol. The molecule has 0 aromatic heterocycles. The van der Waals surface area contributed by atoms with E-state index in [1.807, 2.05) is 0 Å². The van der Waals surface area contributed by atoms with E-state index >= 15 is 0 Å². The van der Waals surface area contributed by atoms with Gasteiger partial charge in [0.15, 0.2) is 6.61 Å². The normalized spacial score (nSPS) is 23.5. The Hall–Kier alpha value is -2.13. The van der Waals surface area contributed by atoms with Gasteiger partial charge >= 0.3 is 0 Å². The second-order valence-corrected chi connectivity index (χ2v) is 8.90. The Balaban J connectivity index is 1.78. The van der Waals surface area contributed by atoms with Gasteiger partial charge in [0.25, 0.3) is 11.8 Å². The van der Waals surface area contributed by atoms with Crippen LogP contribution in [0.2, 0.25) is 0 Å². The first-order valence-corrected chi connectivity index (χ1v) is 10.4.